The lowest BCUT2D eigenvalue weighted by molar-refractivity contribution is -0.121. The second kappa shape index (κ2) is 6.99. The van der Waals surface area contributed by atoms with Gasteiger partial charge in [-0.2, -0.15) is 0 Å². The van der Waals surface area contributed by atoms with E-state index >= 15 is 0 Å². The normalized spacial score (nSPS) is 29.7. The average Bonchev–Trinajstić information content (AvgIpc) is 3.26. The maximum absolute atomic E-state index is 12.9. The number of amides is 1. The molecule has 1 aromatic heterocycles. The van der Waals surface area contributed by atoms with Crippen molar-refractivity contribution in [3.05, 3.63) is 16.0 Å². The van der Waals surface area contributed by atoms with Crippen molar-refractivity contribution in [1.82, 2.24) is 0 Å². The highest BCUT2D eigenvalue weighted by molar-refractivity contribution is 7.17. The number of fused-ring (bicyclic) bond motifs is 3. The molecule has 1 amide bonds. The maximum Gasteiger partial charge on any atom is 0.341 e. The third-order valence-electron chi connectivity index (χ3n) is 6.37. The van der Waals surface area contributed by atoms with Crippen molar-refractivity contribution in [2.24, 2.45) is 23.7 Å². The molecule has 2 bridgehead atoms. The van der Waals surface area contributed by atoms with Gasteiger partial charge in [-0.25, -0.2) is 4.79 Å². The van der Waals surface area contributed by atoms with E-state index in [1.807, 2.05) is 13.8 Å². The van der Waals surface area contributed by atoms with Crippen LogP contribution < -0.4 is 5.32 Å². The van der Waals surface area contributed by atoms with Crippen molar-refractivity contribution < 1.29 is 14.3 Å². The molecule has 1 N–H and O–H groups in total. The Balaban J connectivity index is 1.60. The highest BCUT2D eigenvalue weighted by Crippen LogP contribution is 2.49. The van der Waals surface area contributed by atoms with Crippen molar-refractivity contribution in [2.45, 2.75) is 71.8 Å². The minimum atomic E-state index is -0.282. The zero-order chi connectivity index (χ0) is 18.4. The van der Waals surface area contributed by atoms with Crippen LogP contribution in [-0.2, 0) is 22.4 Å². The topological polar surface area (TPSA) is 55.4 Å². The molecular weight excluding hydrogens is 346 g/mol. The number of nitrogens with one attached hydrogen (secondary N) is 1. The first-order valence-electron chi connectivity index (χ1n) is 10.1. The molecule has 1 aromatic rings. The molecule has 0 unspecified atom stereocenters. The van der Waals surface area contributed by atoms with Crippen LogP contribution in [-0.4, -0.2) is 18.0 Å². The summed E-state index contributed by atoms with van der Waals surface area (Å²) in [5.74, 6) is 1.86. The van der Waals surface area contributed by atoms with Gasteiger partial charge in [0.1, 0.15) is 5.00 Å². The van der Waals surface area contributed by atoms with Gasteiger partial charge in [-0.15, -0.1) is 11.3 Å². The number of esters is 1. The van der Waals surface area contributed by atoms with Crippen LogP contribution in [0, 0.1) is 23.7 Å². The molecular formula is C21H29NO3S. The number of rotatable bonds is 4. The van der Waals surface area contributed by atoms with Gasteiger partial charge < -0.3 is 10.1 Å². The fraction of sp³-hybridized carbons (Fsp3) is 0.714. The minimum absolute atomic E-state index is 0.113. The molecule has 4 rings (SSSR count). The van der Waals surface area contributed by atoms with Crippen molar-refractivity contribution in [3.8, 4) is 0 Å². The third kappa shape index (κ3) is 3.30. The molecule has 1 heterocycles. The highest BCUT2D eigenvalue weighted by atomic mass is 32.1. The monoisotopic (exact) mass is 375 g/mol. The maximum atomic E-state index is 12.9. The Labute approximate surface area is 159 Å². The fourth-order valence-electron chi connectivity index (χ4n) is 5.10. The summed E-state index contributed by atoms with van der Waals surface area (Å²) in [7, 11) is 0. The minimum Gasteiger partial charge on any atom is -0.459 e. The lowest BCUT2D eigenvalue weighted by atomic mass is 9.87. The van der Waals surface area contributed by atoms with E-state index in [2.05, 4.69) is 12.2 Å². The summed E-state index contributed by atoms with van der Waals surface area (Å²) >= 11 is 1.60. The first-order chi connectivity index (χ1) is 12.4. The molecule has 5 heteroatoms. The van der Waals surface area contributed by atoms with Gasteiger partial charge in [-0.3, -0.25) is 4.79 Å². The molecule has 0 spiro atoms. The van der Waals surface area contributed by atoms with E-state index in [0.717, 1.165) is 42.2 Å². The lowest BCUT2D eigenvalue weighted by Gasteiger charge is -2.21. The van der Waals surface area contributed by atoms with E-state index < -0.39 is 0 Å². The number of thiophene rings is 1. The summed E-state index contributed by atoms with van der Waals surface area (Å²) < 4.78 is 5.50. The van der Waals surface area contributed by atoms with Crippen LogP contribution in [0.2, 0.25) is 0 Å². The molecule has 0 radical (unpaired) electrons. The lowest BCUT2D eigenvalue weighted by Crippen LogP contribution is -2.27. The fourth-order valence-corrected chi connectivity index (χ4v) is 6.50. The van der Waals surface area contributed by atoms with E-state index in [0.29, 0.717) is 17.4 Å². The van der Waals surface area contributed by atoms with Gasteiger partial charge in [0.05, 0.1) is 11.7 Å². The summed E-state index contributed by atoms with van der Waals surface area (Å²) in [6.45, 7) is 5.99. The van der Waals surface area contributed by atoms with Crippen molar-refractivity contribution in [2.75, 3.05) is 5.32 Å². The van der Waals surface area contributed by atoms with Gasteiger partial charge in [0.25, 0.3) is 0 Å². The first-order valence-corrected chi connectivity index (χ1v) is 10.9. The number of hydrogen-bond donors (Lipinski definition) is 1. The smallest absolute Gasteiger partial charge is 0.341 e. The van der Waals surface area contributed by atoms with E-state index in [4.69, 9.17) is 4.74 Å². The van der Waals surface area contributed by atoms with Gasteiger partial charge in [0.2, 0.25) is 5.91 Å². The SMILES string of the molecule is CC(C)OC(=O)c1c(NC(=O)[C@@H]2C[C@@H]3CC[C@H]2C3)sc2c1CC[C@@H](C)C2. The summed E-state index contributed by atoms with van der Waals surface area (Å²) in [5, 5.41) is 3.87. The second-order valence-corrected chi connectivity index (χ2v) is 9.89. The van der Waals surface area contributed by atoms with Crippen LogP contribution in [0.15, 0.2) is 0 Å². The van der Waals surface area contributed by atoms with Gasteiger partial charge in [-0.1, -0.05) is 13.3 Å². The molecule has 2 saturated carbocycles. The molecule has 0 aliphatic heterocycles. The van der Waals surface area contributed by atoms with Gasteiger partial charge in [-0.05, 0) is 75.7 Å². The van der Waals surface area contributed by atoms with Crippen LogP contribution in [0.5, 0.6) is 0 Å². The molecule has 0 aromatic carbocycles. The van der Waals surface area contributed by atoms with Crippen LogP contribution in [0.3, 0.4) is 0 Å². The van der Waals surface area contributed by atoms with E-state index in [-0.39, 0.29) is 23.9 Å². The number of anilines is 1. The van der Waals surface area contributed by atoms with Crippen LogP contribution in [0.4, 0.5) is 5.00 Å². The summed E-state index contributed by atoms with van der Waals surface area (Å²) in [5.41, 5.74) is 1.74. The first kappa shape index (κ1) is 18.0. The Morgan fingerprint density at radius 3 is 2.65 bits per heavy atom. The van der Waals surface area contributed by atoms with Crippen LogP contribution in [0.1, 0.15) is 73.7 Å². The zero-order valence-corrected chi connectivity index (χ0v) is 16.8. The molecule has 142 valence electrons. The van der Waals surface area contributed by atoms with E-state index in [1.54, 1.807) is 11.3 Å². The number of hydrogen-bond acceptors (Lipinski definition) is 4. The molecule has 3 aliphatic rings. The van der Waals surface area contributed by atoms with Gasteiger partial charge in [0, 0.05) is 10.8 Å². The zero-order valence-electron chi connectivity index (χ0n) is 16.0. The molecule has 3 aliphatic carbocycles. The van der Waals surface area contributed by atoms with Gasteiger partial charge in [0.15, 0.2) is 0 Å². The summed E-state index contributed by atoms with van der Waals surface area (Å²) in [6.07, 6.45) is 7.52. The second-order valence-electron chi connectivity index (χ2n) is 8.78. The number of carbonyl (C=O) groups excluding carboxylic acids is 2. The van der Waals surface area contributed by atoms with Crippen molar-refractivity contribution in [3.63, 3.8) is 0 Å². The third-order valence-corrected chi connectivity index (χ3v) is 7.54. The molecule has 2 fully saturated rings. The largest absolute Gasteiger partial charge is 0.459 e. The standard InChI is InChI=1S/C21H29NO3S/c1-11(2)25-21(24)18-15-7-4-12(3)8-17(15)26-20(18)22-19(23)16-10-13-5-6-14(16)9-13/h11-14,16H,4-10H2,1-3H3,(H,22,23)/t12-,13-,14+,16-/m1/s1. The highest BCUT2D eigenvalue weighted by Gasteiger charge is 2.43. The molecule has 4 nitrogen and oxygen atoms in total. The van der Waals surface area contributed by atoms with Crippen LogP contribution in [0.25, 0.3) is 0 Å². The average molecular weight is 376 g/mol. The summed E-state index contributed by atoms with van der Waals surface area (Å²) in [4.78, 5) is 26.9. The molecule has 0 saturated heterocycles. The Hall–Kier alpha value is -1.36. The Morgan fingerprint density at radius 1 is 1.19 bits per heavy atom. The Morgan fingerprint density at radius 2 is 2.00 bits per heavy atom. The number of carbonyl (C=O) groups is 2. The Kier molecular flexibility index (Phi) is 4.84. The van der Waals surface area contributed by atoms with Crippen molar-refractivity contribution in [1.29, 1.82) is 0 Å². The van der Waals surface area contributed by atoms with E-state index in [9.17, 15) is 9.59 Å². The predicted molar refractivity (Wildman–Crippen MR) is 104 cm³/mol. The van der Waals surface area contributed by atoms with E-state index in [1.165, 1.54) is 24.1 Å². The summed E-state index contributed by atoms with van der Waals surface area (Å²) in [6, 6.07) is 0. The molecule has 4 atom stereocenters. The van der Waals surface area contributed by atoms with Crippen LogP contribution >= 0.6 is 11.3 Å². The van der Waals surface area contributed by atoms with Gasteiger partial charge >= 0.3 is 5.97 Å². The Bertz CT molecular complexity index is 723. The van der Waals surface area contributed by atoms with Crippen molar-refractivity contribution >= 4 is 28.2 Å². The molecule has 26 heavy (non-hydrogen) atoms. The quantitative estimate of drug-likeness (QED) is 0.768. The predicted octanol–water partition coefficient (Wildman–Crippen LogP) is 4.81. The number of ether oxygens (including phenoxy) is 1.